The van der Waals surface area contributed by atoms with E-state index in [2.05, 4.69) is 16.9 Å². The molecule has 0 amide bonds. The predicted molar refractivity (Wildman–Crippen MR) is 80.4 cm³/mol. The number of fused-ring (bicyclic) bond motifs is 3. The van der Waals surface area contributed by atoms with E-state index < -0.39 is 5.41 Å². The van der Waals surface area contributed by atoms with Crippen LogP contribution in [0.25, 0.3) is 0 Å². The summed E-state index contributed by atoms with van der Waals surface area (Å²) in [6, 6.07) is 2.03. The Hall–Kier alpha value is -2.22. The minimum Gasteiger partial charge on any atom is -0.478 e. The topological polar surface area (TPSA) is 75.9 Å². The largest absolute Gasteiger partial charge is 0.478 e. The minimum absolute atomic E-state index is 0.0516. The molecule has 1 aromatic rings. The summed E-state index contributed by atoms with van der Waals surface area (Å²) in [6.07, 6.45) is 3.93. The van der Waals surface area contributed by atoms with Gasteiger partial charge in [0.15, 0.2) is 5.78 Å². The Morgan fingerprint density at radius 2 is 2.27 bits per heavy atom. The molecule has 2 atom stereocenters. The van der Waals surface area contributed by atoms with E-state index in [-0.39, 0.29) is 17.3 Å². The van der Waals surface area contributed by atoms with E-state index in [0.29, 0.717) is 24.7 Å². The highest BCUT2D eigenvalue weighted by molar-refractivity contribution is 6.00. The number of carbonyl (C=O) groups excluding carboxylic acids is 1. The van der Waals surface area contributed by atoms with Gasteiger partial charge >= 0.3 is 0 Å². The molecular weight excluding hydrogens is 278 g/mol. The highest BCUT2D eigenvalue weighted by atomic mass is 16.5. The number of carbonyl (C=O) groups is 1. The number of hydrogen-bond acceptors (Lipinski definition) is 5. The molecule has 0 radical (unpaired) electrons. The zero-order chi connectivity index (χ0) is 15.9. The van der Waals surface area contributed by atoms with Crippen molar-refractivity contribution in [3.8, 4) is 11.9 Å². The molecule has 0 saturated carbocycles. The molecule has 2 unspecified atom stereocenters. The minimum atomic E-state index is -0.397. The molecule has 114 valence electrons. The van der Waals surface area contributed by atoms with Crippen molar-refractivity contribution in [1.29, 1.82) is 5.26 Å². The second kappa shape index (κ2) is 5.20. The Kier molecular flexibility index (Phi) is 3.48. The maximum Gasteiger partial charge on any atom is 0.220 e. The Labute approximate surface area is 130 Å². The van der Waals surface area contributed by atoms with E-state index in [9.17, 15) is 10.1 Å². The number of aryl methyl sites for hydroxylation is 1. The van der Waals surface area contributed by atoms with Crippen molar-refractivity contribution in [2.45, 2.75) is 45.4 Å². The average molecular weight is 297 g/mol. The van der Waals surface area contributed by atoms with Crippen molar-refractivity contribution in [1.82, 2.24) is 9.97 Å². The standard InChI is InChI=1S/C17H19N3O2/c1-4-22-16-13-6-5-12-7-14(21)11(9-18)8-17(12,3)15(13)19-10(2)20-16/h8,12H,4-7H2,1-3H3. The van der Waals surface area contributed by atoms with Gasteiger partial charge in [-0.1, -0.05) is 13.0 Å². The van der Waals surface area contributed by atoms with Crippen LogP contribution in [0.1, 0.15) is 43.8 Å². The average Bonchev–Trinajstić information content (AvgIpc) is 2.48. The van der Waals surface area contributed by atoms with Gasteiger partial charge in [-0.2, -0.15) is 10.2 Å². The van der Waals surface area contributed by atoms with E-state index >= 15 is 0 Å². The molecule has 5 heteroatoms. The van der Waals surface area contributed by atoms with E-state index in [0.717, 1.165) is 24.1 Å². The molecule has 0 bridgehead atoms. The van der Waals surface area contributed by atoms with Gasteiger partial charge in [-0.25, -0.2) is 4.98 Å². The van der Waals surface area contributed by atoms with Crippen LogP contribution in [0.4, 0.5) is 0 Å². The van der Waals surface area contributed by atoms with Crippen molar-refractivity contribution in [2.75, 3.05) is 6.61 Å². The number of hydrogen-bond donors (Lipinski definition) is 0. The van der Waals surface area contributed by atoms with Crippen LogP contribution in [0, 0.1) is 24.2 Å². The van der Waals surface area contributed by atoms with Crippen LogP contribution in [-0.4, -0.2) is 22.4 Å². The third-order valence-electron chi connectivity index (χ3n) is 4.76. The van der Waals surface area contributed by atoms with Crippen LogP contribution >= 0.6 is 0 Å². The summed E-state index contributed by atoms with van der Waals surface area (Å²) in [5, 5.41) is 9.21. The summed E-state index contributed by atoms with van der Waals surface area (Å²) in [4.78, 5) is 21.1. The summed E-state index contributed by atoms with van der Waals surface area (Å²) in [5.74, 6) is 1.44. The van der Waals surface area contributed by atoms with E-state index in [1.807, 2.05) is 26.0 Å². The van der Waals surface area contributed by atoms with E-state index in [1.54, 1.807) is 0 Å². The Morgan fingerprint density at radius 3 is 2.95 bits per heavy atom. The molecular formula is C17H19N3O2. The van der Waals surface area contributed by atoms with Crippen molar-refractivity contribution in [3.63, 3.8) is 0 Å². The number of ether oxygens (including phenoxy) is 1. The molecule has 0 spiro atoms. The highest BCUT2D eigenvalue weighted by Gasteiger charge is 2.46. The Balaban J connectivity index is 2.21. The number of allylic oxidation sites excluding steroid dienone is 2. The van der Waals surface area contributed by atoms with Crippen LogP contribution < -0.4 is 4.74 Å². The molecule has 2 aliphatic rings. The van der Waals surface area contributed by atoms with Gasteiger partial charge < -0.3 is 4.74 Å². The van der Waals surface area contributed by atoms with Gasteiger partial charge in [0, 0.05) is 17.4 Å². The lowest BCUT2D eigenvalue weighted by Crippen LogP contribution is -2.41. The van der Waals surface area contributed by atoms with Gasteiger partial charge in [-0.05, 0) is 32.6 Å². The SMILES string of the molecule is CCOc1nc(C)nc2c1CCC1CC(=O)C(C#N)=CC21C. The number of nitriles is 1. The zero-order valence-corrected chi connectivity index (χ0v) is 13.1. The van der Waals surface area contributed by atoms with Crippen LogP contribution in [0.15, 0.2) is 11.6 Å². The Morgan fingerprint density at radius 1 is 1.50 bits per heavy atom. The number of aromatic nitrogens is 2. The molecule has 0 N–H and O–H groups in total. The maximum absolute atomic E-state index is 12.0. The fourth-order valence-electron chi connectivity index (χ4n) is 3.62. The molecule has 0 aliphatic heterocycles. The Bertz CT molecular complexity index is 717. The number of nitrogens with zero attached hydrogens (tertiary/aromatic N) is 3. The van der Waals surface area contributed by atoms with E-state index in [1.165, 1.54) is 0 Å². The lowest BCUT2D eigenvalue weighted by Gasteiger charge is -2.42. The monoisotopic (exact) mass is 297 g/mol. The summed E-state index contributed by atoms with van der Waals surface area (Å²) < 4.78 is 5.68. The van der Waals surface area contributed by atoms with Crippen molar-refractivity contribution in [2.24, 2.45) is 5.92 Å². The first-order valence-electron chi connectivity index (χ1n) is 7.66. The summed E-state index contributed by atoms with van der Waals surface area (Å²) in [5.41, 5.74) is 1.79. The summed E-state index contributed by atoms with van der Waals surface area (Å²) >= 11 is 0. The van der Waals surface area contributed by atoms with Crippen LogP contribution in [0.3, 0.4) is 0 Å². The zero-order valence-electron chi connectivity index (χ0n) is 13.1. The van der Waals surface area contributed by atoms with Crippen LogP contribution in [0.5, 0.6) is 5.88 Å². The van der Waals surface area contributed by atoms with Gasteiger partial charge in [-0.15, -0.1) is 0 Å². The second-order valence-electron chi connectivity index (χ2n) is 6.15. The van der Waals surface area contributed by atoms with Crippen molar-refractivity contribution < 1.29 is 9.53 Å². The lowest BCUT2D eigenvalue weighted by atomic mass is 9.61. The number of Topliss-reactive ketones (excluding diaryl/α,β-unsaturated/α-hetero) is 1. The predicted octanol–water partition coefficient (Wildman–Crippen LogP) is 2.43. The fraction of sp³-hybridized carbons (Fsp3) is 0.529. The number of ketones is 1. The molecule has 22 heavy (non-hydrogen) atoms. The van der Waals surface area contributed by atoms with Gasteiger partial charge in [-0.3, -0.25) is 4.79 Å². The first-order valence-corrected chi connectivity index (χ1v) is 7.66. The molecule has 0 saturated heterocycles. The molecule has 1 aromatic heterocycles. The molecule has 0 aromatic carbocycles. The van der Waals surface area contributed by atoms with Gasteiger partial charge in [0.25, 0.3) is 0 Å². The quantitative estimate of drug-likeness (QED) is 0.838. The normalized spacial score (nSPS) is 26.5. The highest BCUT2D eigenvalue weighted by Crippen LogP contribution is 2.48. The van der Waals surface area contributed by atoms with Crippen LogP contribution in [0.2, 0.25) is 0 Å². The van der Waals surface area contributed by atoms with Gasteiger partial charge in [0.1, 0.15) is 11.9 Å². The summed E-state index contributed by atoms with van der Waals surface area (Å²) in [7, 11) is 0. The third kappa shape index (κ3) is 2.10. The maximum atomic E-state index is 12.0. The first kappa shape index (κ1) is 14.7. The third-order valence-corrected chi connectivity index (χ3v) is 4.76. The number of rotatable bonds is 2. The van der Waals surface area contributed by atoms with Crippen LogP contribution in [-0.2, 0) is 16.6 Å². The first-order chi connectivity index (χ1) is 10.5. The molecule has 0 fully saturated rings. The molecule has 3 rings (SSSR count). The van der Waals surface area contributed by atoms with E-state index in [4.69, 9.17) is 4.74 Å². The van der Waals surface area contributed by atoms with Gasteiger partial charge in [0.05, 0.1) is 17.9 Å². The molecule has 1 heterocycles. The molecule has 5 nitrogen and oxygen atoms in total. The van der Waals surface area contributed by atoms with Crippen molar-refractivity contribution in [3.05, 3.63) is 28.7 Å². The fourth-order valence-corrected chi connectivity index (χ4v) is 3.62. The molecule has 2 aliphatic carbocycles. The van der Waals surface area contributed by atoms with Crippen molar-refractivity contribution >= 4 is 5.78 Å². The smallest absolute Gasteiger partial charge is 0.220 e. The lowest BCUT2D eigenvalue weighted by molar-refractivity contribution is -0.117. The second-order valence-corrected chi connectivity index (χ2v) is 6.15. The van der Waals surface area contributed by atoms with Gasteiger partial charge in [0.2, 0.25) is 5.88 Å². The summed E-state index contributed by atoms with van der Waals surface area (Å²) in [6.45, 7) is 6.41.